The van der Waals surface area contributed by atoms with E-state index in [0.29, 0.717) is 11.8 Å². The highest BCUT2D eigenvalue weighted by Gasteiger charge is 2.57. The summed E-state index contributed by atoms with van der Waals surface area (Å²) in [5.41, 5.74) is -0.546. The zero-order chi connectivity index (χ0) is 13.1. The zero-order valence-electron chi connectivity index (χ0n) is 12.2. The summed E-state index contributed by atoms with van der Waals surface area (Å²) in [6, 6.07) is 0. The molecule has 0 aromatic rings. The van der Waals surface area contributed by atoms with Crippen LogP contribution in [0.1, 0.15) is 59.8 Å². The van der Waals surface area contributed by atoms with E-state index < -0.39 is 0 Å². The highest BCUT2D eigenvalue weighted by Crippen LogP contribution is 2.59. The molecular formula is C16H26O2. The third-order valence-corrected chi connectivity index (χ3v) is 5.68. The first kappa shape index (κ1) is 12.5. The van der Waals surface area contributed by atoms with Gasteiger partial charge in [0.15, 0.2) is 0 Å². The fourth-order valence-corrected chi connectivity index (χ4v) is 4.64. The Bertz CT molecular complexity index is 336. The average molecular weight is 250 g/mol. The minimum Gasteiger partial charge on any atom is -0.458 e. The quantitative estimate of drug-likeness (QED) is 0.662. The van der Waals surface area contributed by atoms with Crippen molar-refractivity contribution in [3.8, 4) is 0 Å². The molecule has 2 nitrogen and oxygen atoms in total. The van der Waals surface area contributed by atoms with Crippen LogP contribution in [-0.2, 0) is 9.53 Å². The lowest BCUT2D eigenvalue weighted by molar-refractivity contribution is -0.210. The molecular weight excluding hydrogens is 224 g/mol. The van der Waals surface area contributed by atoms with Crippen molar-refractivity contribution in [3.05, 3.63) is 0 Å². The molecule has 0 radical (unpaired) electrons. The number of hydrogen-bond acceptors (Lipinski definition) is 2. The Hall–Kier alpha value is -0.530. The average Bonchev–Trinajstić information content (AvgIpc) is 2.23. The van der Waals surface area contributed by atoms with Crippen LogP contribution in [-0.4, -0.2) is 11.6 Å². The third kappa shape index (κ3) is 1.80. The maximum Gasteiger partial charge on any atom is 0.311 e. The second kappa shape index (κ2) is 3.74. The van der Waals surface area contributed by atoms with E-state index in [2.05, 4.69) is 6.92 Å². The fraction of sp³-hybridized carbons (Fsp3) is 0.938. The van der Waals surface area contributed by atoms with Crippen molar-refractivity contribution in [2.45, 2.75) is 65.4 Å². The topological polar surface area (TPSA) is 26.3 Å². The van der Waals surface area contributed by atoms with Gasteiger partial charge in [-0.15, -0.1) is 0 Å². The van der Waals surface area contributed by atoms with Crippen molar-refractivity contribution in [1.82, 2.24) is 0 Å². The Balaban J connectivity index is 1.80. The minimum atomic E-state index is -0.377. The van der Waals surface area contributed by atoms with E-state index in [0.717, 1.165) is 11.8 Å². The van der Waals surface area contributed by atoms with Gasteiger partial charge in [-0.25, -0.2) is 0 Å². The van der Waals surface area contributed by atoms with Crippen LogP contribution >= 0.6 is 0 Å². The molecule has 0 amide bonds. The first-order valence-corrected chi connectivity index (χ1v) is 7.52. The molecule has 4 saturated carbocycles. The van der Waals surface area contributed by atoms with Gasteiger partial charge >= 0.3 is 5.97 Å². The Morgan fingerprint density at radius 2 is 1.44 bits per heavy atom. The normalized spacial score (nSPS) is 46.2. The van der Waals surface area contributed by atoms with Gasteiger partial charge in [0, 0.05) is 0 Å². The maximum absolute atomic E-state index is 12.2. The minimum absolute atomic E-state index is 0.0162. The van der Waals surface area contributed by atoms with Gasteiger partial charge in [-0.3, -0.25) is 4.79 Å². The summed E-state index contributed by atoms with van der Waals surface area (Å²) in [4.78, 5) is 12.2. The van der Waals surface area contributed by atoms with Gasteiger partial charge < -0.3 is 4.74 Å². The first-order chi connectivity index (χ1) is 8.29. The van der Waals surface area contributed by atoms with Crippen LogP contribution in [0.2, 0.25) is 0 Å². The van der Waals surface area contributed by atoms with E-state index in [4.69, 9.17) is 4.74 Å². The van der Waals surface area contributed by atoms with Crippen LogP contribution in [0.3, 0.4) is 0 Å². The monoisotopic (exact) mass is 250 g/mol. The van der Waals surface area contributed by atoms with Gasteiger partial charge in [0.05, 0.1) is 5.41 Å². The SMILES string of the molecule is CC(C)(C)C(=O)OC1(C)C2CC3CC(C2)CC1C3. The number of carbonyl (C=O) groups is 1. The van der Waals surface area contributed by atoms with E-state index >= 15 is 0 Å². The highest BCUT2D eigenvalue weighted by molar-refractivity contribution is 5.75. The maximum atomic E-state index is 12.2. The van der Waals surface area contributed by atoms with Crippen LogP contribution in [0, 0.1) is 29.1 Å². The molecule has 0 aromatic heterocycles. The van der Waals surface area contributed by atoms with Gasteiger partial charge in [-0.05, 0) is 83.5 Å². The molecule has 0 spiro atoms. The van der Waals surface area contributed by atoms with Crippen molar-refractivity contribution in [2.24, 2.45) is 29.1 Å². The molecule has 0 atom stereocenters. The summed E-state index contributed by atoms with van der Waals surface area (Å²) in [6.45, 7) is 8.07. The lowest BCUT2D eigenvalue weighted by atomic mass is 9.50. The summed E-state index contributed by atoms with van der Waals surface area (Å²) in [5.74, 6) is 3.08. The summed E-state index contributed by atoms with van der Waals surface area (Å²) >= 11 is 0. The highest BCUT2D eigenvalue weighted by atomic mass is 16.6. The molecule has 4 aliphatic rings. The molecule has 0 unspecified atom stereocenters. The lowest BCUT2D eigenvalue weighted by Gasteiger charge is -2.59. The Morgan fingerprint density at radius 1 is 1.00 bits per heavy atom. The van der Waals surface area contributed by atoms with Gasteiger partial charge in [-0.1, -0.05) is 0 Å². The second-order valence-electron chi connectivity index (χ2n) is 8.13. The standard InChI is InChI=1S/C16H26O2/c1-15(2,3)14(17)18-16(4)12-6-10-5-11(8-12)9-13(16)7-10/h10-13H,5-9H2,1-4H3. The lowest BCUT2D eigenvalue weighted by Crippen LogP contribution is -2.58. The largest absolute Gasteiger partial charge is 0.458 e. The van der Waals surface area contributed by atoms with Crippen molar-refractivity contribution < 1.29 is 9.53 Å². The van der Waals surface area contributed by atoms with E-state index in [1.165, 1.54) is 32.1 Å². The number of esters is 1. The van der Waals surface area contributed by atoms with E-state index in [1.54, 1.807) is 0 Å². The van der Waals surface area contributed by atoms with Crippen LogP contribution in [0.15, 0.2) is 0 Å². The van der Waals surface area contributed by atoms with Gasteiger partial charge in [-0.2, -0.15) is 0 Å². The van der Waals surface area contributed by atoms with Gasteiger partial charge in [0.1, 0.15) is 5.60 Å². The Kier molecular flexibility index (Phi) is 2.60. The smallest absolute Gasteiger partial charge is 0.311 e. The molecule has 102 valence electrons. The van der Waals surface area contributed by atoms with Crippen molar-refractivity contribution in [3.63, 3.8) is 0 Å². The summed E-state index contributed by atoms with van der Waals surface area (Å²) in [5, 5.41) is 0. The van der Waals surface area contributed by atoms with E-state index in [1.807, 2.05) is 20.8 Å². The van der Waals surface area contributed by atoms with Crippen LogP contribution in [0.25, 0.3) is 0 Å². The molecule has 0 saturated heterocycles. The van der Waals surface area contributed by atoms with Crippen molar-refractivity contribution in [2.75, 3.05) is 0 Å². The number of rotatable bonds is 1. The Morgan fingerprint density at radius 3 is 1.83 bits per heavy atom. The molecule has 0 heterocycles. The Labute approximate surface area is 110 Å². The third-order valence-electron chi connectivity index (χ3n) is 5.68. The molecule has 0 aliphatic heterocycles. The zero-order valence-corrected chi connectivity index (χ0v) is 12.2. The second-order valence-corrected chi connectivity index (χ2v) is 8.13. The molecule has 2 heteroatoms. The predicted octanol–water partition coefficient (Wildman–Crippen LogP) is 3.79. The fourth-order valence-electron chi connectivity index (χ4n) is 4.64. The molecule has 4 aliphatic carbocycles. The van der Waals surface area contributed by atoms with E-state index in [-0.39, 0.29) is 17.0 Å². The molecule has 4 fully saturated rings. The summed E-state index contributed by atoms with van der Waals surface area (Å²) in [6.07, 6.45) is 6.61. The number of hydrogen-bond donors (Lipinski definition) is 0. The van der Waals surface area contributed by atoms with Gasteiger partial charge in [0.2, 0.25) is 0 Å². The molecule has 18 heavy (non-hydrogen) atoms. The molecule has 0 aromatic carbocycles. The van der Waals surface area contributed by atoms with Crippen LogP contribution < -0.4 is 0 Å². The first-order valence-electron chi connectivity index (χ1n) is 7.52. The van der Waals surface area contributed by atoms with Crippen LogP contribution in [0.5, 0.6) is 0 Å². The van der Waals surface area contributed by atoms with Gasteiger partial charge in [0.25, 0.3) is 0 Å². The summed E-state index contributed by atoms with van der Waals surface area (Å²) in [7, 11) is 0. The number of ether oxygens (including phenoxy) is 1. The van der Waals surface area contributed by atoms with Crippen LogP contribution in [0.4, 0.5) is 0 Å². The molecule has 0 N–H and O–H groups in total. The predicted molar refractivity (Wildman–Crippen MR) is 71.0 cm³/mol. The van der Waals surface area contributed by atoms with Crippen molar-refractivity contribution >= 4 is 5.97 Å². The molecule has 4 bridgehead atoms. The molecule has 4 rings (SSSR count). The number of carbonyl (C=O) groups excluding carboxylic acids is 1. The summed E-state index contributed by atoms with van der Waals surface area (Å²) < 4.78 is 6.04. The van der Waals surface area contributed by atoms with E-state index in [9.17, 15) is 4.79 Å². The van der Waals surface area contributed by atoms with Crippen molar-refractivity contribution in [1.29, 1.82) is 0 Å².